The number of carbonyl (C=O) groups excluding carboxylic acids is 1. The van der Waals surface area contributed by atoms with Gasteiger partial charge in [0, 0.05) is 12.1 Å². The molecule has 20 heavy (non-hydrogen) atoms. The second-order valence-electron chi connectivity index (χ2n) is 6.33. The molecule has 1 aromatic carbocycles. The van der Waals surface area contributed by atoms with Crippen molar-refractivity contribution in [3.8, 4) is 0 Å². The molecule has 0 bridgehead atoms. The minimum absolute atomic E-state index is 0.0336. The van der Waals surface area contributed by atoms with E-state index in [2.05, 4.69) is 36.5 Å². The van der Waals surface area contributed by atoms with Crippen molar-refractivity contribution < 1.29 is 4.79 Å². The lowest BCUT2D eigenvalue weighted by Crippen LogP contribution is -2.53. The maximum absolute atomic E-state index is 12.3. The highest BCUT2D eigenvalue weighted by molar-refractivity contribution is 5.80. The first-order chi connectivity index (χ1) is 9.49. The largest absolute Gasteiger partial charge is 0.355 e. The predicted molar refractivity (Wildman–Crippen MR) is 82.4 cm³/mol. The Labute approximate surface area is 121 Å². The van der Waals surface area contributed by atoms with Crippen molar-refractivity contribution in [2.24, 2.45) is 11.7 Å². The Bertz CT molecular complexity index is 468. The first kappa shape index (κ1) is 15.0. The summed E-state index contributed by atoms with van der Waals surface area (Å²) >= 11 is 0. The number of aryl methyl sites for hydroxylation is 1. The van der Waals surface area contributed by atoms with Crippen LogP contribution in [0.4, 0.5) is 0 Å². The number of hydrogen-bond acceptors (Lipinski definition) is 2. The van der Waals surface area contributed by atoms with Gasteiger partial charge in [0.15, 0.2) is 0 Å². The quantitative estimate of drug-likeness (QED) is 0.886. The van der Waals surface area contributed by atoms with E-state index >= 15 is 0 Å². The molecular formula is C17H26N2O. The van der Waals surface area contributed by atoms with Gasteiger partial charge in [0.2, 0.25) is 5.91 Å². The van der Waals surface area contributed by atoms with Crippen molar-refractivity contribution >= 4 is 5.91 Å². The number of nitrogens with two attached hydrogens (primary N) is 1. The topological polar surface area (TPSA) is 55.1 Å². The summed E-state index contributed by atoms with van der Waals surface area (Å²) in [5.41, 5.74) is 8.45. The molecule has 110 valence electrons. The predicted octanol–water partition coefficient (Wildman–Crippen LogP) is 2.56. The summed E-state index contributed by atoms with van der Waals surface area (Å²) < 4.78 is 0. The van der Waals surface area contributed by atoms with E-state index in [1.54, 1.807) is 0 Å². The summed E-state index contributed by atoms with van der Waals surface area (Å²) in [4.78, 5) is 12.3. The summed E-state index contributed by atoms with van der Waals surface area (Å²) in [7, 11) is 0. The van der Waals surface area contributed by atoms with Crippen LogP contribution in [-0.2, 0) is 11.2 Å². The van der Waals surface area contributed by atoms with Crippen molar-refractivity contribution in [1.29, 1.82) is 0 Å². The Balaban J connectivity index is 1.83. The van der Waals surface area contributed by atoms with Gasteiger partial charge in [-0.05, 0) is 38.7 Å². The van der Waals surface area contributed by atoms with Crippen LogP contribution in [0.3, 0.4) is 0 Å². The van der Waals surface area contributed by atoms with Crippen LogP contribution < -0.4 is 11.1 Å². The lowest BCUT2D eigenvalue weighted by molar-refractivity contribution is -0.128. The Morgan fingerprint density at radius 1 is 1.45 bits per heavy atom. The van der Waals surface area contributed by atoms with Crippen molar-refractivity contribution in [3.05, 3.63) is 35.4 Å². The van der Waals surface area contributed by atoms with E-state index in [4.69, 9.17) is 5.73 Å². The van der Waals surface area contributed by atoms with Gasteiger partial charge in [0.05, 0.1) is 5.92 Å². The van der Waals surface area contributed by atoms with Gasteiger partial charge in [0.25, 0.3) is 0 Å². The molecule has 3 N–H and O–H groups in total. The standard InChI is InChI=1S/C17H26N2O/c1-13-6-5-7-14(12-13)9-11-19-16(20)15-8-3-4-10-17(15,2)18/h5-7,12,15H,3-4,8-11,18H2,1-2H3,(H,19,20). The van der Waals surface area contributed by atoms with Crippen molar-refractivity contribution in [3.63, 3.8) is 0 Å². The van der Waals surface area contributed by atoms with E-state index < -0.39 is 0 Å². The molecule has 0 aliphatic heterocycles. The van der Waals surface area contributed by atoms with Gasteiger partial charge in [-0.3, -0.25) is 4.79 Å². The monoisotopic (exact) mass is 274 g/mol. The molecule has 1 saturated carbocycles. The summed E-state index contributed by atoms with van der Waals surface area (Å²) in [6.07, 6.45) is 5.00. The highest BCUT2D eigenvalue weighted by Crippen LogP contribution is 2.31. The molecule has 1 aromatic rings. The Morgan fingerprint density at radius 2 is 2.25 bits per heavy atom. The normalized spacial score (nSPS) is 26.2. The molecule has 1 aliphatic carbocycles. The first-order valence-electron chi connectivity index (χ1n) is 7.61. The Kier molecular flexibility index (Phi) is 4.81. The summed E-state index contributed by atoms with van der Waals surface area (Å²) in [6, 6.07) is 8.42. The third kappa shape index (κ3) is 3.83. The highest BCUT2D eigenvalue weighted by Gasteiger charge is 2.37. The average Bonchev–Trinajstić information content (AvgIpc) is 2.38. The molecule has 0 heterocycles. The lowest BCUT2D eigenvalue weighted by Gasteiger charge is -2.37. The smallest absolute Gasteiger partial charge is 0.224 e. The molecule has 2 atom stereocenters. The minimum atomic E-state index is -0.342. The highest BCUT2D eigenvalue weighted by atomic mass is 16.1. The fourth-order valence-electron chi connectivity index (χ4n) is 3.11. The molecule has 0 aromatic heterocycles. The van der Waals surface area contributed by atoms with E-state index in [0.29, 0.717) is 6.54 Å². The van der Waals surface area contributed by atoms with Gasteiger partial charge in [0.1, 0.15) is 0 Å². The molecule has 1 aliphatic rings. The maximum Gasteiger partial charge on any atom is 0.224 e. The van der Waals surface area contributed by atoms with Gasteiger partial charge in [-0.2, -0.15) is 0 Å². The number of nitrogens with one attached hydrogen (secondary N) is 1. The Morgan fingerprint density at radius 3 is 2.95 bits per heavy atom. The molecule has 3 nitrogen and oxygen atoms in total. The van der Waals surface area contributed by atoms with Gasteiger partial charge in [-0.1, -0.05) is 42.7 Å². The van der Waals surface area contributed by atoms with Crippen LogP contribution in [0, 0.1) is 12.8 Å². The van der Waals surface area contributed by atoms with Gasteiger partial charge < -0.3 is 11.1 Å². The van der Waals surface area contributed by atoms with Gasteiger partial charge >= 0.3 is 0 Å². The van der Waals surface area contributed by atoms with Gasteiger partial charge in [-0.15, -0.1) is 0 Å². The molecule has 1 fully saturated rings. The zero-order valence-electron chi connectivity index (χ0n) is 12.6. The summed E-state index contributed by atoms with van der Waals surface area (Å²) in [5, 5.41) is 3.06. The number of carbonyl (C=O) groups is 1. The van der Waals surface area contributed by atoms with Crippen LogP contribution in [0.1, 0.15) is 43.7 Å². The van der Waals surface area contributed by atoms with Crippen LogP contribution >= 0.6 is 0 Å². The molecule has 0 radical (unpaired) electrons. The van der Waals surface area contributed by atoms with E-state index in [1.165, 1.54) is 11.1 Å². The minimum Gasteiger partial charge on any atom is -0.355 e. The third-order valence-corrected chi connectivity index (χ3v) is 4.37. The van der Waals surface area contributed by atoms with Crippen molar-refractivity contribution in [1.82, 2.24) is 5.32 Å². The number of hydrogen-bond donors (Lipinski definition) is 2. The molecular weight excluding hydrogens is 248 g/mol. The van der Waals surface area contributed by atoms with Crippen LogP contribution in [0.2, 0.25) is 0 Å². The third-order valence-electron chi connectivity index (χ3n) is 4.37. The number of benzene rings is 1. The maximum atomic E-state index is 12.3. The van der Waals surface area contributed by atoms with Crippen LogP contribution in [0.5, 0.6) is 0 Å². The fraction of sp³-hybridized carbons (Fsp3) is 0.588. The number of amides is 1. The van der Waals surface area contributed by atoms with E-state index in [9.17, 15) is 4.79 Å². The van der Waals surface area contributed by atoms with Crippen molar-refractivity contribution in [2.45, 2.75) is 51.5 Å². The lowest BCUT2D eigenvalue weighted by atomic mass is 9.74. The average molecular weight is 274 g/mol. The van der Waals surface area contributed by atoms with Gasteiger partial charge in [-0.25, -0.2) is 0 Å². The Hall–Kier alpha value is -1.35. The van der Waals surface area contributed by atoms with E-state index in [-0.39, 0.29) is 17.4 Å². The zero-order valence-corrected chi connectivity index (χ0v) is 12.6. The van der Waals surface area contributed by atoms with Crippen LogP contribution in [0.25, 0.3) is 0 Å². The van der Waals surface area contributed by atoms with Crippen LogP contribution in [0.15, 0.2) is 24.3 Å². The molecule has 0 spiro atoms. The molecule has 0 saturated heterocycles. The van der Waals surface area contributed by atoms with E-state index in [0.717, 1.165) is 32.1 Å². The SMILES string of the molecule is Cc1cccc(CCNC(=O)C2CCCCC2(C)N)c1. The summed E-state index contributed by atoms with van der Waals surface area (Å²) in [6.45, 7) is 4.79. The van der Waals surface area contributed by atoms with Crippen molar-refractivity contribution in [2.75, 3.05) is 6.54 Å². The molecule has 1 amide bonds. The zero-order chi connectivity index (χ0) is 14.6. The summed E-state index contributed by atoms with van der Waals surface area (Å²) in [5.74, 6) is 0.0936. The molecule has 2 rings (SSSR count). The van der Waals surface area contributed by atoms with Crippen LogP contribution in [-0.4, -0.2) is 18.0 Å². The second-order valence-corrected chi connectivity index (χ2v) is 6.33. The second kappa shape index (κ2) is 6.40. The number of rotatable bonds is 4. The van der Waals surface area contributed by atoms with E-state index in [1.807, 2.05) is 6.92 Å². The first-order valence-corrected chi connectivity index (χ1v) is 7.61. The fourth-order valence-corrected chi connectivity index (χ4v) is 3.11. The molecule has 2 unspecified atom stereocenters. The molecule has 3 heteroatoms.